The number of rotatable bonds is 2. The largest absolute Gasteiger partial charge is 0.463 e. The number of likely N-dealkylation sites (N-methyl/N-ethyl adjacent to an activating group) is 1. The summed E-state index contributed by atoms with van der Waals surface area (Å²) in [4.78, 5) is 14.5. The monoisotopic (exact) mass is 272 g/mol. The fourth-order valence-electron chi connectivity index (χ4n) is 3.10. The molecule has 1 aromatic carbocycles. The number of carbonyl (C=O) groups is 1. The molecular weight excluding hydrogens is 252 g/mol. The third kappa shape index (κ3) is 2.20. The molecule has 4 nitrogen and oxygen atoms in total. The van der Waals surface area contributed by atoms with Gasteiger partial charge in [0.1, 0.15) is 11.8 Å². The molecule has 2 atom stereocenters. The van der Waals surface area contributed by atoms with Gasteiger partial charge < -0.3 is 15.1 Å². The highest BCUT2D eigenvalue weighted by Crippen LogP contribution is 2.26. The van der Waals surface area contributed by atoms with E-state index in [1.807, 2.05) is 31.3 Å². The van der Waals surface area contributed by atoms with E-state index in [1.165, 1.54) is 0 Å². The number of nitrogens with zero attached hydrogens (tertiary/aromatic N) is 1. The van der Waals surface area contributed by atoms with Crippen LogP contribution in [-0.2, 0) is 0 Å². The van der Waals surface area contributed by atoms with Gasteiger partial charge in [-0.2, -0.15) is 0 Å². The molecule has 0 saturated heterocycles. The van der Waals surface area contributed by atoms with Crippen molar-refractivity contribution >= 4 is 16.9 Å². The Hall–Kier alpha value is -1.81. The van der Waals surface area contributed by atoms with Crippen LogP contribution in [-0.4, -0.2) is 29.9 Å². The van der Waals surface area contributed by atoms with Gasteiger partial charge in [0.05, 0.1) is 5.56 Å². The van der Waals surface area contributed by atoms with Crippen molar-refractivity contribution in [1.29, 1.82) is 0 Å². The minimum atomic E-state index is -0.00250. The van der Waals surface area contributed by atoms with E-state index in [9.17, 15) is 4.79 Å². The van der Waals surface area contributed by atoms with E-state index >= 15 is 0 Å². The zero-order chi connectivity index (χ0) is 14.1. The van der Waals surface area contributed by atoms with Crippen molar-refractivity contribution < 1.29 is 9.21 Å². The number of nitrogens with two attached hydrogens (primary N) is 1. The van der Waals surface area contributed by atoms with Gasteiger partial charge in [0.2, 0.25) is 0 Å². The van der Waals surface area contributed by atoms with Crippen LogP contribution in [0.3, 0.4) is 0 Å². The summed E-state index contributed by atoms with van der Waals surface area (Å²) < 4.78 is 5.46. The average molecular weight is 272 g/mol. The van der Waals surface area contributed by atoms with Gasteiger partial charge in [-0.15, -0.1) is 0 Å². The molecule has 1 aliphatic carbocycles. The summed E-state index contributed by atoms with van der Waals surface area (Å²) in [6.45, 7) is 0. The van der Waals surface area contributed by atoms with Gasteiger partial charge >= 0.3 is 0 Å². The highest BCUT2D eigenvalue weighted by Gasteiger charge is 2.30. The Morgan fingerprint density at radius 1 is 1.30 bits per heavy atom. The average Bonchev–Trinajstić information content (AvgIpc) is 2.90. The molecule has 1 heterocycles. The van der Waals surface area contributed by atoms with Crippen molar-refractivity contribution in [3.63, 3.8) is 0 Å². The van der Waals surface area contributed by atoms with Crippen molar-refractivity contribution in [2.24, 2.45) is 5.73 Å². The van der Waals surface area contributed by atoms with Crippen LogP contribution in [0.2, 0.25) is 0 Å². The molecule has 3 rings (SSSR count). The van der Waals surface area contributed by atoms with Crippen LogP contribution in [0, 0.1) is 0 Å². The normalized spacial score (nSPS) is 22.9. The van der Waals surface area contributed by atoms with E-state index in [-0.39, 0.29) is 18.0 Å². The highest BCUT2D eigenvalue weighted by molar-refractivity contribution is 6.05. The third-order valence-electron chi connectivity index (χ3n) is 4.31. The van der Waals surface area contributed by atoms with E-state index in [0.29, 0.717) is 5.56 Å². The van der Waals surface area contributed by atoms with Crippen molar-refractivity contribution in [2.45, 2.75) is 37.8 Å². The first kappa shape index (κ1) is 13.2. The lowest BCUT2D eigenvalue weighted by molar-refractivity contribution is 0.0673. The first-order chi connectivity index (χ1) is 9.68. The number of fused-ring (bicyclic) bond motifs is 1. The molecule has 1 aliphatic rings. The van der Waals surface area contributed by atoms with E-state index in [0.717, 1.165) is 36.7 Å². The SMILES string of the molecule is CN(C(=O)c1coc2ccccc12)C1CCCCC1N. The fourth-order valence-corrected chi connectivity index (χ4v) is 3.10. The van der Waals surface area contributed by atoms with Crippen LogP contribution in [0.5, 0.6) is 0 Å². The maximum absolute atomic E-state index is 12.7. The Morgan fingerprint density at radius 3 is 2.85 bits per heavy atom. The molecule has 2 aromatic rings. The predicted molar refractivity (Wildman–Crippen MR) is 78.5 cm³/mol. The van der Waals surface area contributed by atoms with Crippen LogP contribution in [0.25, 0.3) is 11.0 Å². The molecule has 0 radical (unpaired) electrons. The van der Waals surface area contributed by atoms with Crippen molar-refractivity contribution in [3.05, 3.63) is 36.1 Å². The van der Waals surface area contributed by atoms with Crippen molar-refractivity contribution in [1.82, 2.24) is 4.90 Å². The van der Waals surface area contributed by atoms with Gasteiger partial charge in [0, 0.05) is 24.5 Å². The number of amides is 1. The van der Waals surface area contributed by atoms with Crippen LogP contribution in [0.4, 0.5) is 0 Å². The van der Waals surface area contributed by atoms with Gasteiger partial charge in [-0.1, -0.05) is 31.0 Å². The second-order valence-corrected chi connectivity index (χ2v) is 5.58. The Balaban J connectivity index is 1.88. The number of furan rings is 1. The minimum Gasteiger partial charge on any atom is -0.463 e. The fraction of sp³-hybridized carbons (Fsp3) is 0.438. The molecule has 1 saturated carbocycles. The third-order valence-corrected chi connectivity index (χ3v) is 4.31. The molecule has 1 aromatic heterocycles. The summed E-state index contributed by atoms with van der Waals surface area (Å²) >= 11 is 0. The summed E-state index contributed by atoms with van der Waals surface area (Å²) in [5.41, 5.74) is 7.54. The number of para-hydroxylation sites is 1. The minimum absolute atomic E-state index is 0.00250. The Morgan fingerprint density at radius 2 is 2.05 bits per heavy atom. The lowest BCUT2D eigenvalue weighted by Crippen LogP contribution is -2.50. The Labute approximate surface area is 118 Å². The smallest absolute Gasteiger partial charge is 0.257 e. The van der Waals surface area contributed by atoms with Crippen LogP contribution in [0.1, 0.15) is 36.0 Å². The molecule has 2 unspecified atom stereocenters. The molecule has 0 bridgehead atoms. The number of carbonyl (C=O) groups excluding carboxylic acids is 1. The van der Waals surface area contributed by atoms with Crippen LogP contribution < -0.4 is 5.73 Å². The molecule has 1 fully saturated rings. The highest BCUT2D eigenvalue weighted by atomic mass is 16.3. The van der Waals surface area contributed by atoms with Crippen molar-refractivity contribution in [3.8, 4) is 0 Å². The van der Waals surface area contributed by atoms with Gasteiger partial charge in [0.25, 0.3) is 5.91 Å². The summed E-state index contributed by atoms with van der Waals surface area (Å²) in [6, 6.07) is 7.82. The van der Waals surface area contributed by atoms with Gasteiger partial charge in [-0.3, -0.25) is 4.79 Å². The van der Waals surface area contributed by atoms with Crippen molar-refractivity contribution in [2.75, 3.05) is 7.05 Å². The molecule has 20 heavy (non-hydrogen) atoms. The quantitative estimate of drug-likeness (QED) is 0.914. The van der Waals surface area contributed by atoms with Crippen LogP contribution >= 0.6 is 0 Å². The van der Waals surface area contributed by atoms with E-state index in [2.05, 4.69) is 0 Å². The lowest BCUT2D eigenvalue weighted by atomic mass is 9.90. The summed E-state index contributed by atoms with van der Waals surface area (Å²) in [5.74, 6) is -0.00250. The molecule has 106 valence electrons. The second-order valence-electron chi connectivity index (χ2n) is 5.58. The molecule has 2 N–H and O–H groups in total. The summed E-state index contributed by atoms with van der Waals surface area (Å²) in [6.07, 6.45) is 5.84. The maximum Gasteiger partial charge on any atom is 0.257 e. The molecule has 1 amide bonds. The molecular formula is C16H20N2O2. The Bertz CT molecular complexity index is 620. The van der Waals surface area contributed by atoms with E-state index in [1.54, 1.807) is 11.2 Å². The summed E-state index contributed by atoms with van der Waals surface area (Å²) in [5, 5.41) is 0.869. The van der Waals surface area contributed by atoms with Gasteiger partial charge in [0.15, 0.2) is 0 Å². The van der Waals surface area contributed by atoms with Gasteiger partial charge in [-0.05, 0) is 18.9 Å². The van der Waals surface area contributed by atoms with Crippen LogP contribution in [0.15, 0.2) is 34.9 Å². The molecule has 0 spiro atoms. The molecule has 0 aliphatic heterocycles. The Kier molecular flexibility index (Phi) is 3.49. The number of hydrogen-bond donors (Lipinski definition) is 1. The zero-order valence-electron chi connectivity index (χ0n) is 11.7. The summed E-state index contributed by atoms with van der Waals surface area (Å²) in [7, 11) is 1.85. The lowest BCUT2D eigenvalue weighted by Gasteiger charge is -2.35. The standard InChI is InChI=1S/C16H20N2O2/c1-18(14-8-4-3-7-13(14)17)16(19)12-10-20-15-9-5-2-6-11(12)15/h2,5-6,9-10,13-14H,3-4,7-8,17H2,1H3. The van der Waals surface area contributed by atoms with E-state index in [4.69, 9.17) is 10.2 Å². The molecule has 4 heteroatoms. The number of benzene rings is 1. The second kappa shape index (κ2) is 5.29. The zero-order valence-corrected chi connectivity index (χ0v) is 11.7. The van der Waals surface area contributed by atoms with Gasteiger partial charge in [-0.25, -0.2) is 0 Å². The topological polar surface area (TPSA) is 59.5 Å². The number of hydrogen-bond acceptors (Lipinski definition) is 3. The maximum atomic E-state index is 12.7. The predicted octanol–water partition coefficient (Wildman–Crippen LogP) is 2.77. The first-order valence-electron chi connectivity index (χ1n) is 7.17. The first-order valence-corrected chi connectivity index (χ1v) is 7.17. The van der Waals surface area contributed by atoms with E-state index < -0.39 is 0 Å².